The SMILES string of the molecule is CCNC(=NCCCCN1CCOCC1)NC1CCN(C(=O)CC)C1. The van der Waals surface area contributed by atoms with E-state index < -0.39 is 0 Å². The molecule has 0 aromatic rings. The molecule has 2 fully saturated rings. The summed E-state index contributed by atoms with van der Waals surface area (Å²) in [6, 6.07) is 0.307. The van der Waals surface area contributed by atoms with Gasteiger partial charge in [0.1, 0.15) is 0 Å². The summed E-state index contributed by atoms with van der Waals surface area (Å²) in [5.74, 6) is 1.12. The van der Waals surface area contributed by atoms with Crippen LogP contribution in [0.2, 0.25) is 0 Å². The van der Waals surface area contributed by atoms with Crippen LogP contribution >= 0.6 is 0 Å². The minimum Gasteiger partial charge on any atom is -0.379 e. The molecule has 2 heterocycles. The number of nitrogens with one attached hydrogen (secondary N) is 2. The summed E-state index contributed by atoms with van der Waals surface area (Å²) < 4.78 is 5.37. The number of guanidine groups is 1. The molecule has 7 nitrogen and oxygen atoms in total. The second-order valence-electron chi connectivity index (χ2n) is 6.75. The van der Waals surface area contributed by atoms with Crippen LogP contribution in [0.1, 0.15) is 39.5 Å². The molecule has 0 saturated carbocycles. The second-order valence-corrected chi connectivity index (χ2v) is 6.75. The molecular formula is C18H35N5O2. The van der Waals surface area contributed by atoms with Gasteiger partial charge in [0.05, 0.1) is 13.2 Å². The minimum atomic E-state index is 0.245. The molecule has 144 valence electrons. The van der Waals surface area contributed by atoms with E-state index in [1.165, 1.54) is 6.42 Å². The van der Waals surface area contributed by atoms with Gasteiger partial charge in [0, 0.05) is 51.7 Å². The van der Waals surface area contributed by atoms with Crippen molar-refractivity contribution in [1.82, 2.24) is 20.4 Å². The summed E-state index contributed by atoms with van der Waals surface area (Å²) in [4.78, 5) is 20.9. The Balaban J connectivity index is 1.66. The highest BCUT2D eigenvalue weighted by atomic mass is 16.5. The lowest BCUT2D eigenvalue weighted by Gasteiger charge is -2.26. The fraction of sp³-hybridized carbons (Fsp3) is 0.889. The summed E-state index contributed by atoms with van der Waals surface area (Å²) in [6.45, 7) is 12.3. The topological polar surface area (TPSA) is 69.2 Å². The van der Waals surface area contributed by atoms with Gasteiger partial charge >= 0.3 is 0 Å². The third-order valence-corrected chi connectivity index (χ3v) is 4.78. The van der Waals surface area contributed by atoms with Gasteiger partial charge in [-0.1, -0.05) is 6.92 Å². The van der Waals surface area contributed by atoms with Crippen LogP contribution in [0.4, 0.5) is 0 Å². The average Bonchev–Trinajstić information content (AvgIpc) is 3.10. The molecule has 0 aromatic carbocycles. The van der Waals surface area contributed by atoms with Crippen molar-refractivity contribution in [3.05, 3.63) is 0 Å². The van der Waals surface area contributed by atoms with E-state index in [4.69, 9.17) is 9.73 Å². The molecule has 0 radical (unpaired) electrons. The maximum atomic E-state index is 11.8. The highest BCUT2D eigenvalue weighted by Crippen LogP contribution is 2.10. The van der Waals surface area contributed by atoms with Gasteiger partial charge in [-0.05, 0) is 32.7 Å². The lowest BCUT2D eigenvalue weighted by atomic mass is 10.2. The molecular weight excluding hydrogens is 318 g/mol. The van der Waals surface area contributed by atoms with Crippen LogP contribution < -0.4 is 10.6 Å². The first-order valence-corrected chi connectivity index (χ1v) is 9.85. The largest absolute Gasteiger partial charge is 0.379 e. The van der Waals surface area contributed by atoms with E-state index >= 15 is 0 Å². The Morgan fingerprint density at radius 1 is 1.20 bits per heavy atom. The standard InChI is InChI=1S/C18H35N5O2/c1-3-17(24)23-10-7-16(15-23)21-18(19-4-2)20-8-5-6-9-22-11-13-25-14-12-22/h16H,3-15H2,1-2H3,(H2,19,20,21). The lowest BCUT2D eigenvalue weighted by Crippen LogP contribution is -2.45. The molecule has 7 heteroatoms. The molecule has 2 aliphatic rings. The Hall–Kier alpha value is -1.34. The van der Waals surface area contributed by atoms with Crippen LogP contribution in [0, 0.1) is 0 Å². The van der Waals surface area contributed by atoms with E-state index in [0.717, 1.165) is 77.8 Å². The van der Waals surface area contributed by atoms with Crippen LogP contribution in [0.5, 0.6) is 0 Å². The zero-order valence-electron chi connectivity index (χ0n) is 15.9. The van der Waals surface area contributed by atoms with Crippen molar-refractivity contribution in [2.45, 2.75) is 45.6 Å². The van der Waals surface area contributed by atoms with Crippen LogP contribution in [-0.4, -0.2) is 86.7 Å². The normalized spacial score (nSPS) is 22.2. The maximum absolute atomic E-state index is 11.8. The number of morpholine rings is 1. The van der Waals surface area contributed by atoms with Crippen molar-refractivity contribution in [2.75, 3.05) is 59.0 Å². The third kappa shape index (κ3) is 7.20. The summed E-state index contributed by atoms with van der Waals surface area (Å²) in [6.07, 6.45) is 3.85. The van der Waals surface area contributed by atoms with Gasteiger partial charge < -0.3 is 20.3 Å². The monoisotopic (exact) mass is 353 g/mol. The lowest BCUT2D eigenvalue weighted by molar-refractivity contribution is -0.129. The predicted molar refractivity (Wildman–Crippen MR) is 101 cm³/mol. The van der Waals surface area contributed by atoms with E-state index in [-0.39, 0.29) is 5.91 Å². The quantitative estimate of drug-likeness (QED) is 0.381. The molecule has 1 unspecified atom stereocenters. The predicted octanol–water partition coefficient (Wildman–Crippen LogP) is 0.665. The van der Waals surface area contributed by atoms with E-state index in [2.05, 4.69) is 22.5 Å². The molecule has 0 aromatic heterocycles. The first-order chi connectivity index (χ1) is 12.2. The highest BCUT2D eigenvalue weighted by molar-refractivity contribution is 5.80. The summed E-state index contributed by atoms with van der Waals surface area (Å²) in [7, 11) is 0. The molecule has 0 bridgehead atoms. The van der Waals surface area contributed by atoms with E-state index in [1.54, 1.807) is 0 Å². The third-order valence-electron chi connectivity index (χ3n) is 4.78. The summed E-state index contributed by atoms with van der Waals surface area (Å²) in [5.41, 5.74) is 0. The molecule has 2 aliphatic heterocycles. The van der Waals surface area contributed by atoms with E-state index in [9.17, 15) is 4.79 Å². The van der Waals surface area contributed by atoms with Crippen molar-refractivity contribution in [1.29, 1.82) is 0 Å². The van der Waals surface area contributed by atoms with Crippen molar-refractivity contribution in [2.24, 2.45) is 4.99 Å². The minimum absolute atomic E-state index is 0.245. The van der Waals surface area contributed by atoms with Gasteiger partial charge in [-0.2, -0.15) is 0 Å². The summed E-state index contributed by atoms with van der Waals surface area (Å²) >= 11 is 0. The molecule has 1 amide bonds. The number of aliphatic imine (C=N–C) groups is 1. The van der Waals surface area contributed by atoms with E-state index in [0.29, 0.717) is 12.5 Å². The number of hydrogen-bond acceptors (Lipinski definition) is 4. The second kappa shape index (κ2) is 11.3. The number of carbonyl (C=O) groups is 1. The van der Waals surface area contributed by atoms with Gasteiger partial charge in [-0.25, -0.2) is 0 Å². The van der Waals surface area contributed by atoms with Gasteiger partial charge in [-0.3, -0.25) is 14.7 Å². The summed E-state index contributed by atoms with van der Waals surface area (Å²) in [5, 5.41) is 6.80. The first-order valence-electron chi connectivity index (χ1n) is 9.85. The van der Waals surface area contributed by atoms with Gasteiger partial charge in [0.25, 0.3) is 0 Å². The number of ether oxygens (including phenoxy) is 1. The maximum Gasteiger partial charge on any atom is 0.222 e. The zero-order valence-corrected chi connectivity index (χ0v) is 15.9. The van der Waals surface area contributed by atoms with E-state index in [1.807, 2.05) is 11.8 Å². The van der Waals surface area contributed by atoms with Crippen molar-refractivity contribution in [3.63, 3.8) is 0 Å². The molecule has 0 spiro atoms. The molecule has 1 atom stereocenters. The number of unbranched alkanes of at least 4 members (excludes halogenated alkanes) is 1. The smallest absolute Gasteiger partial charge is 0.222 e. The highest BCUT2D eigenvalue weighted by Gasteiger charge is 2.25. The number of rotatable bonds is 8. The first kappa shape index (κ1) is 20.0. The fourth-order valence-corrected chi connectivity index (χ4v) is 3.30. The molecule has 2 rings (SSSR count). The number of nitrogens with zero attached hydrogens (tertiary/aromatic N) is 3. The van der Waals surface area contributed by atoms with Gasteiger partial charge in [0.15, 0.2) is 5.96 Å². The van der Waals surface area contributed by atoms with Gasteiger partial charge in [0.2, 0.25) is 5.91 Å². The van der Waals surface area contributed by atoms with Crippen LogP contribution in [0.3, 0.4) is 0 Å². The van der Waals surface area contributed by atoms with Crippen molar-refractivity contribution >= 4 is 11.9 Å². The Bertz CT molecular complexity index is 424. The molecule has 25 heavy (non-hydrogen) atoms. The van der Waals surface area contributed by atoms with Crippen LogP contribution in [0.15, 0.2) is 4.99 Å². The van der Waals surface area contributed by atoms with Crippen LogP contribution in [-0.2, 0) is 9.53 Å². The molecule has 0 aliphatic carbocycles. The Kier molecular flexibility index (Phi) is 9.04. The molecule has 2 N–H and O–H groups in total. The van der Waals surface area contributed by atoms with Crippen molar-refractivity contribution < 1.29 is 9.53 Å². The van der Waals surface area contributed by atoms with Gasteiger partial charge in [-0.15, -0.1) is 0 Å². The fourth-order valence-electron chi connectivity index (χ4n) is 3.30. The number of likely N-dealkylation sites (tertiary alicyclic amines) is 1. The number of amides is 1. The number of carbonyl (C=O) groups excluding carboxylic acids is 1. The zero-order chi connectivity index (χ0) is 17.9. The Labute approximate surface area is 152 Å². The van der Waals surface area contributed by atoms with Crippen molar-refractivity contribution in [3.8, 4) is 0 Å². The Morgan fingerprint density at radius 2 is 2.00 bits per heavy atom. The molecule has 2 saturated heterocycles. The number of hydrogen-bond donors (Lipinski definition) is 2. The average molecular weight is 354 g/mol. The van der Waals surface area contributed by atoms with Crippen LogP contribution in [0.25, 0.3) is 0 Å². The Morgan fingerprint density at radius 3 is 2.72 bits per heavy atom.